The average Bonchev–Trinajstić information content (AvgIpc) is 3.20. The molecule has 1 aromatic rings. The molecule has 2 bridgehead atoms. The lowest BCUT2D eigenvalue weighted by Crippen LogP contribution is -2.49. The Morgan fingerprint density at radius 2 is 2.16 bits per heavy atom. The zero-order chi connectivity index (χ0) is 18.0. The van der Waals surface area contributed by atoms with E-state index in [4.69, 9.17) is 4.74 Å². The number of hydrogen-bond donors (Lipinski definition) is 1. The van der Waals surface area contributed by atoms with Crippen LogP contribution in [-0.4, -0.2) is 43.1 Å². The minimum absolute atomic E-state index is 0.175. The van der Waals surface area contributed by atoms with Crippen molar-refractivity contribution in [1.29, 1.82) is 0 Å². The third-order valence-corrected chi connectivity index (χ3v) is 6.15. The van der Waals surface area contributed by atoms with Gasteiger partial charge in [-0.25, -0.2) is 0 Å². The summed E-state index contributed by atoms with van der Waals surface area (Å²) in [5, 5.41) is 3.63. The van der Waals surface area contributed by atoms with Crippen LogP contribution >= 0.6 is 0 Å². The van der Waals surface area contributed by atoms with E-state index in [0.717, 1.165) is 38.0 Å². The van der Waals surface area contributed by atoms with Crippen molar-refractivity contribution in [1.82, 2.24) is 10.2 Å². The van der Waals surface area contributed by atoms with E-state index in [2.05, 4.69) is 38.2 Å². The second-order valence-corrected chi connectivity index (χ2v) is 7.91. The summed E-state index contributed by atoms with van der Waals surface area (Å²) in [4.78, 5) is 15.0. The summed E-state index contributed by atoms with van der Waals surface area (Å²) in [6, 6.07) is 7.18. The van der Waals surface area contributed by atoms with E-state index in [0.29, 0.717) is 24.6 Å². The fraction of sp³-hybridized carbons (Fsp3) is 0.667. The van der Waals surface area contributed by atoms with Gasteiger partial charge in [-0.05, 0) is 57.6 Å². The number of carbonyl (C=O) groups is 1. The smallest absolute Gasteiger partial charge is 0.230 e. The zero-order valence-corrected chi connectivity index (χ0v) is 16.1. The quantitative estimate of drug-likeness (QED) is 0.770. The first-order valence-electron chi connectivity index (χ1n) is 9.68. The zero-order valence-electron chi connectivity index (χ0n) is 16.1. The molecule has 1 amide bonds. The highest BCUT2D eigenvalue weighted by Crippen LogP contribution is 2.46. The fourth-order valence-electron chi connectivity index (χ4n) is 4.70. The number of amides is 1. The lowest BCUT2D eigenvalue weighted by Gasteiger charge is -2.37. The Hall–Kier alpha value is -1.55. The number of nitrogens with one attached hydrogen (secondary N) is 1. The molecule has 2 heterocycles. The number of nitrogens with zero attached hydrogens (tertiary/aromatic N) is 1. The van der Waals surface area contributed by atoms with Crippen molar-refractivity contribution in [2.24, 2.45) is 5.41 Å². The number of hydrogen-bond acceptors (Lipinski definition) is 3. The molecule has 3 rings (SSSR count). The summed E-state index contributed by atoms with van der Waals surface area (Å²) < 4.78 is 5.90. The third-order valence-electron chi connectivity index (χ3n) is 6.15. The first-order chi connectivity index (χ1) is 12.0. The molecule has 25 heavy (non-hydrogen) atoms. The van der Waals surface area contributed by atoms with Gasteiger partial charge < -0.3 is 15.0 Å². The molecule has 0 saturated carbocycles. The standard InChI is InChI=1S/C21H32N2O2/c1-5-21(14-17-8-10-19(21)22-17)20(24)23(4)11-6-12-25-18-9-7-15(2)13-16(18)3/h7,9,13,17,19,22H,5-6,8,10-12,14H2,1-4H3/t17-,19+,21+/m0/s1. The fourth-order valence-corrected chi connectivity index (χ4v) is 4.70. The van der Waals surface area contributed by atoms with Gasteiger partial charge in [-0.3, -0.25) is 4.79 Å². The highest BCUT2D eigenvalue weighted by Gasteiger charge is 2.54. The lowest BCUT2D eigenvalue weighted by molar-refractivity contribution is -0.142. The van der Waals surface area contributed by atoms with E-state index in [9.17, 15) is 4.79 Å². The van der Waals surface area contributed by atoms with Crippen LogP contribution in [-0.2, 0) is 4.79 Å². The second-order valence-electron chi connectivity index (χ2n) is 7.91. The van der Waals surface area contributed by atoms with Gasteiger partial charge in [0.2, 0.25) is 5.91 Å². The maximum Gasteiger partial charge on any atom is 0.230 e. The lowest BCUT2D eigenvalue weighted by atomic mass is 9.71. The first-order valence-corrected chi connectivity index (χ1v) is 9.68. The predicted octanol–water partition coefficient (Wildman–Crippen LogP) is 3.45. The molecular weight excluding hydrogens is 312 g/mol. The molecular formula is C21H32N2O2. The number of rotatable bonds is 7. The van der Waals surface area contributed by atoms with Crippen molar-refractivity contribution < 1.29 is 9.53 Å². The van der Waals surface area contributed by atoms with Crippen LogP contribution in [0.2, 0.25) is 0 Å². The van der Waals surface area contributed by atoms with E-state index in [-0.39, 0.29) is 5.41 Å². The summed E-state index contributed by atoms with van der Waals surface area (Å²) in [6.45, 7) is 7.72. The third kappa shape index (κ3) is 3.55. The Labute approximate surface area is 151 Å². The van der Waals surface area contributed by atoms with Crippen LogP contribution in [0.5, 0.6) is 5.75 Å². The molecule has 4 heteroatoms. The molecule has 0 spiro atoms. The van der Waals surface area contributed by atoms with E-state index >= 15 is 0 Å². The number of carbonyl (C=O) groups excluding carboxylic acids is 1. The van der Waals surface area contributed by atoms with Crippen LogP contribution in [0.15, 0.2) is 18.2 Å². The van der Waals surface area contributed by atoms with Crippen molar-refractivity contribution in [3.63, 3.8) is 0 Å². The van der Waals surface area contributed by atoms with Crippen LogP contribution in [0.1, 0.15) is 50.2 Å². The van der Waals surface area contributed by atoms with Gasteiger partial charge in [0.25, 0.3) is 0 Å². The molecule has 2 aliphatic rings. The summed E-state index contributed by atoms with van der Waals surface area (Å²) in [5.41, 5.74) is 2.24. The van der Waals surface area contributed by atoms with Crippen molar-refractivity contribution in [3.05, 3.63) is 29.3 Å². The molecule has 0 unspecified atom stereocenters. The van der Waals surface area contributed by atoms with Gasteiger partial charge in [-0.2, -0.15) is 0 Å². The van der Waals surface area contributed by atoms with E-state index < -0.39 is 0 Å². The number of aryl methyl sites for hydroxylation is 2. The number of ether oxygens (including phenoxy) is 1. The molecule has 1 N–H and O–H groups in total. The van der Waals surface area contributed by atoms with E-state index in [1.807, 2.05) is 18.0 Å². The van der Waals surface area contributed by atoms with Crippen molar-refractivity contribution in [2.45, 2.75) is 65.0 Å². The number of fused-ring (bicyclic) bond motifs is 2. The Bertz CT molecular complexity index is 630. The SMILES string of the molecule is CC[C@@]1(C(=O)N(C)CCCOc2ccc(C)cc2C)C[C@@H]2CC[C@H]1N2. The largest absolute Gasteiger partial charge is 0.493 e. The van der Waals surface area contributed by atoms with Crippen LogP contribution < -0.4 is 10.1 Å². The summed E-state index contributed by atoms with van der Waals surface area (Å²) in [6.07, 6.45) is 5.18. The maximum absolute atomic E-state index is 13.1. The Morgan fingerprint density at radius 3 is 2.76 bits per heavy atom. The van der Waals surface area contributed by atoms with Gasteiger partial charge in [-0.15, -0.1) is 0 Å². The molecule has 4 nitrogen and oxygen atoms in total. The molecule has 3 atom stereocenters. The van der Waals surface area contributed by atoms with Crippen molar-refractivity contribution >= 4 is 5.91 Å². The highest BCUT2D eigenvalue weighted by atomic mass is 16.5. The summed E-state index contributed by atoms with van der Waals surface area (Å²) in [7, 11) is 1.95. The van der Waals surface area contributed by atoms with Crippen molar-refractivity contribution in [3.8, 4) is 5.75 Å². The van der Waals surface area contributed by atoms with E-state index in [1.54, 1.807) is 0 Å². The van der Waals surface area contributed by atoms with Gasteiger partial charge >= 0.3 is 0 Å². The predicted molar refractivity (Wildman–Crippen MR) is 101 cm³/mol. The Morgan fingerprint density at radius 1 is 1.36 bits per heavy atom. The molecule has 1 aromatic carbocycles. The molecule has 0 radical (unpaired) electrons. The van der Waals surface area contributed by atoms with Crippen LogP contribution in [0.4, 0.5) is 0 Å². The molecule has 0 aromatic heterocycles. The molecule has 138 valence electrons. The minimum Gasteiger partial charge on any atom is -0.493 e. The van der Waals surface area contributed by atoms with Gasteiger partial charge in [0, 0.05) is 25.7 Å². The molecule has 2 aliphatic heterocycles. The summed E-state index contributed by atoms with van der Waals surface area (Å²) in [5.74, 6) is 1.27. The molecule has 0 aliphatic carbocycles. The van der Waals surface area contributed by atoms with Gasteiger partial charge in [0.1, 0.15) is 5.75 Å². The van der Waals surface area contributed by atoms with Crippen molar-refractivity contribution in [2.75, 3.05) is 20.2 Å². The van der Waals surface area contributed by atoms with Crippen LogP contribution in [0.25, 0.3) is 0 Å². The topological polar surface area (TPSA) is 41.6 Å². The minimum atomic E-state index is -0.175. The first kappa shape index (κ1) is 18.2. The van der Waals surface area contributed by atoms with E-state index in [1.165, 1.54) is 17.5 Å². The van der Waals surface area contributed by atoms with Gasteiger partial charge in [-0.1, -0.05) is 24.6 Å². The Kier molecular flexibility index (Phi) is 5.38. The maximum atomic E-state index is 13.1. The van der Waals surface area contributed by atoms with Crippen LogP contribution in [0, 0.1) is 19.3 Å². The molecule has 2 fully saturated rings. The van der Waals surface area contributed by atoms with Gasteiger partial charge in [0.15, 0.2) is 0 Å². The summed E-state index contributed by atoms with van der Waals surface area (Å²) >= 11 is 0. The van der Waals surface area contributed by atoms with Gasteiger partial charge in [0.05, 0.1) is 12.0 Å². The second kappa shape index (κ2) is 7.36. The van der Waals surface area contributed by atoms with Crippen LogP contribution in [0.3, 0.4) is 0 Å². The number of benzene rings is 1. The highest BCUT2D eigenvalue weighted by molar-refractivity contribution is 5.84. The normalized spacial score (nSPS) is 27.5. The molecule has 2 saturated heterocycles. The Balaban J connectivity index is 1.49. The average molecular weight is 344 g/mol. The monoisotopic (exact) mass is 344 g/mol.